The molecule has 1 fully saturated rings. The van der Waals surface area contributed by atoms with Crippen molar-refractivity contribution in [3.63, 3.8) is 0 Å². The molecule has 1 heterocycles. The van der Waals surface area contributed by atoms with E-state index in [2.05, 4.69) is 36.9 Å². The van der Waals surface area contributed by atoms with Gasteiger partial charge in [0.05, 0.1) is 4.90 Å². The van der Waals surface area contributed by atoms with Crippen LogP contribution in [-0.4, -0.2) is 38.9 Å². The molecule has 1 saturated heterocycles. The molecule has 0 N–H and O–H groups in total. The van der Waals surface area contributed by atoms with Crippen LogP contribution in [-0.2, 0) is 10.0 Å². The molecule has 1 aliphatic rings. The average molecular weight is 344 g/mol. The monoisotopic (exact) mass is 344 g/mol. The first kappa shape index (κ1) is 17.0. The second kappa shape index (κ2) is 6.57. The highest BCUT2D eigenvalue weighted by Gasteiger charge is 2.29. The van der Waals surface area contributed by atoms with Crippen molar-refractivity contribution < 1.29 is 8.42 Å². The fourth-order valence-corrected chi connectivity index (χ4v) is 4.70. The van der Waals surface area contributed by atoms with E-state index in [0.29, 0.717) is 18.0 Å². The average Bonchev–Trinajstić information content (AvgIpc) is 2.57. The summed E-state index contributed by atoms with van der Waals surface area (Å²) in [5.74, 6) is 0. The summed E-state index contributed by atoms with van der Waals surface area (Å²) in [6.07, 6.45) is 0. The van der Waals surface area contributed by atoms with E-state index in [1.54, 1.807) is 22.5 Å². The van der Waals surface area contributed by atoms with Crippen molar-refractivity contribution in [1.29, 1.82) is 0 Å². The number of hydrogen-bond donors (Lipinski definition) is 0. The van der Waals surface area contributed by atoms with Crippen LogP contribution in [0.2, 0.25) is 0 Å². The van der Waals surface area contributed by atoms with Crippen LogP contribution in [0, 0.1) is 20.8 Å². The fourth-order valence-electron chi connectivity index (χ4n) is 3.17. The molecule has 0 saturated carbocycles. The van der Waals surface area contributed by atoms with Crippen molar-refractivity contribution in [2.45, 2.75) is 25.7 Å². The largest absolute Gasteiger partial charge is 0.369 e. The van der Waals surface area contributed by atoms with Gasteiger partial charge >= 0.3 is 0 Å². The molecule has 1 aliphatic heterocycles. The number of benzene rings is 2. The van der Waals surface area contributed by atoms with Gasteiger partial charge in [0.2, 0.25) is 10.0 Å². The van der Waals surface area contributed by atoms with Crippen molar-refractivity contribution in [2.75, 3.05) is 31.1 Å². The van der Waals surface area contributed by atoms with Gasteiger partial charge in [-0.1, -0.05) is 24.3 Å². The van der Waals surface area contributed by atoms with Gasteiger partial charge in [-0.05, 0) is 55.7 Å². The van der Waals surface area contributed by atoms with Gasteiger partial charge in [-0.2, -0.15) is 4.31 Å². The first-order chi connectivity index (χ1) is 11.4. The Morgan fingerprint density at radius 2 is 1.54 bits per heavy atom. The summed E-state index contributed by atoms with van der Waals surface area (Å²) in [5, 5.41) is 0. The van der Waals surface area contributed by atoms with Gasteiger partial charge in [-0.15, -0.1) is 0 Å². The second-order valence-corrected chi connectivity index (χ2v) is 8.36. The van der Waals surface area contributed by atoms with Crippen LogP contribution < -0.4 is 4.90 Å². The number of aryl methyl sites for hydroxylation is 2. The third kappa shape index (κ3) is 3.19. The van der Waals surface area contributed by atoms with E-state index in [4.69, 9.17) is 0 Å². The minimum atomic E-state index is -3.40. The predicted molar refractivity (Wildman–Crippen MR) is 98.1 cm³/mol. The van der Waals surface area contributed by atoms with E-state index in [1.807, 2.05) is 13.0 Å². The Balaban J connectivity index is 1.76. The number of anilines is 1. The molecule has 24 heavy (non-hydrogen) atoms. The van der Waals surface area contributed by atoms with Crippen LogP contribution in [0.25, 0.3) is 0 Å². The number of sulfonamides is 1. The zero-order chi connectivity index (χ0) is 17.3. The van der Waals surface area contributed by atoms with E-state index >= 15 is 0 Å². The molecule has 0 amide bonds. The Hall–Kier alpha value is -1.85. The highest BCUT2D eigenvalue weighted by Crippen LogP contribution is 2.25. The molecule has 0 aliphatic carbocycles. The minimum absolute atomic E-state index is 0.391. The van der Waals surface area contributed by atoms with E-state index < -0.39 is 10.0 Å². The van der Waals surface area contributed by atoms with Gasteiger partial charge in [-0.3, -0.25) is 0 Å². The molecule has 0 bridgehead atoms. The van der Waals surface area contributed by atoms with Crippen molar-refractivity contribution in [1.82, 2.24) is 4.31 Å². The Morgan fingerprint density at radius 3 is 2.21 bits per heavy atom. The number of hydrogen-bond acceptors (Lipinski definition) is 3. The maximum absolute atomic E-state index is 12.8. The van der Waals surface area contributed by atoms with Gasteiger partial charge in [0.25, 0.3) is 0 Å². The zero-order valence-electron chi connectivity index (χ0n) is 14.5. The van der Waals surface area contributed by atoms with Crippen LogP contribution in [0.5, 0.6) is 0 Å². The SMILES string of the molecule is Cc1cccc(S(=O)(=O)N2CCN(c3cccc(C)c3C)CC2)c1. The Kier molecular flexibility index (Phi) is 4.65. The predicted octanol–water partition coefficient (Wildman–Crippen LogP) is 3.12. The number of rotatable bonds is 3. The maximum atomic E-state index is 12.8. The molecular formula is C19H24N2O2S. The summed E-state index contributed by atoms with van der Waals surface area (Å²) >= 11 is 0. The third-order valence-electron chi connectivity index (χ3n) is 4.78. The van der Waals surface area contributed by atoms with Crippen LogP contribution in [0.3, 0.4) is 0 Å². The van der Waals surface area contributed by atoms with Gasteiger partial charge < -0.3 is 4.90 Å². The highest BCUT2D eigenvalue weighted by atomic mass is 32.2. The normalized spacial score (nSPS) is 16.4. The summed E-state index contributed by atoms with van der Waals surface area (Å²) in [7, 11) is -3.40. The molecule has 0 radical (unpaired) electrons. The smallest absolute Gasteiger partial charge is 0.243 e. The van der Waals surface area contributed by atoms with E-state index in [-0.39, 0.29) is 0 Å². The van der Waals surface area contributed by atoms with E-state index in [0.717, 1.165) is 18.7 Å². The molecule has 2 aromatic carbocycles. The first-order valence-corrected chi connectivity index (χ1v) is 9.71. The van der Waals surface area contributed by atoms with Crippen LogP contribution in [0.15, 0.2) is 47.4 Å². The second-order valence-electron chi connectivity index (χ2n) is 6.43. The molecule has 5 heteroatoms. The first-order valence-electron chi connectivity index (χ1n) is 8.27. The minimum Gasteiger partial charge on any atom is -0.369 e. The van der Waals surface area contributed by atoms with Crippen molar-refractivity contribution in [3.8, 4) is 0 Å². The molecule has 0 unspecified atom stereocenters. The van der Waals surface area contributed by atoms with Crippen LogP contribution in [0.4, 0.5) is 5.69 Å². The zero-order valence-corrected chi connectivity index (χ0v) is 15.3. The summed E-state index contributed by atoms with van der Waals surface area (Å²) < 4.78 is 27.2. The van der Waals surface area contributed by atoms with Gasteiger partial charge in [-0.25, -0.2) is 8.42 Å². The summed E-state index contributed by atoms with van der Waals surface area (Å²) in [4.78, 5) is 2.67. The quantitative estimate of drug-likeness (QED) is 0.859. The van der Waals surface area contributed by atoms with Gasteiger partial charge in [0.1, 0.15) is 0 Å². The van der Waals surface area contributed by atoms with Crippen molar-refractivity contribution >= 4 is 15.7 Å². The lowest BCUT2D eigenvalue weighted by molar-refractivity contribution is 0.384. The van der Waals surface area contributed by atoms with E-state index in [9.17, 15) is 8.42 Å². The van der Waals surface area contributed by atoms with E-state index in [1.165, 1.54) is 16.8 Å². The summed E-state index contributed by atoms with van der Waals surface area (Å²) in [6, 6.07) is 13.4. The van der Waals surface area contributed by atoms with Gasteiger partial charge in [0.15, 0.2) is 0 Å². The van der Waals surface area contributed by atoms with Crippen LogP contribution in [0.1, 0.15) is 16.7 Å². The standard InChI is InChI=1S/C19H24N2O2S/c1-15-6-4-8-18(14-15)24(22,23)21-12-10-20(11-13-21)19-9-5-7-16(2)17(19)3/h4-9,14H,10-13H2,1-3H3. The molecule has 0 atom stereocenters. The molecule has 4 nitrogen and oxygen atoms in total. The van der Waals surface area contributed by atoms with Crippen LogP contribution >= 0.6 is 0 Å². The van der Waals surface area contributed by atoms with Crippen molar-refractivity contribution in [3.05, 3.63) is 59.2 Å². The van der Waals surface area contributed by atoms with Crippen molar-refractivity contribution in [2.24, 2.45) is 0 Å². The Labute approximate surface area is 144 Å². The fraction of sp³-hybridized carbons (Fsp3) is 0.368. The maximum Gasteiger partial charge on any atom is 0.243 e. The summed E-state index contributed by atoms with van der Waals surface area (Å²) in [6.45, 7) is 8.62. The molecule has 2 aromatic rings. The summed E-state index contributed by atoms with van der Waals surface area (Å²) in [5.41, 5.74) is 4.71. The third-order valence-corrected chi connectivity index (χ3v) is 6.68. The Bertz CT molecular complexity index is 838. The topological polar surface area (TPSA) is 40.6 Å². The highest BCUT2D eigenvalue weighted by molar-refractivity contribution is 7.89. The molecule has 128 valence electrons. The molecule has 0 aromatic heterocycles. The number of piperazine rings is 1. The van der Waals surface area contributed by atoms with Gasteiger partial charge in [0, 0.05) is 31.9 Å². The lowest BCUT2D eigenvalue weighted by Crippen LogP contribution is -2.48. The lowest BCUT2D eigenvalue weighted by atomic mass is 10.1. The lowest BCUT2D eigenvalue weighted by Gasteiger charge is -2.36. The Morgan fingerprint density at radius 1 is 0.875 bits per heavy atom. The molecule has 3 rings (SSSR count). The number of nitrogens with zero attached hydrogens (tertiary/aromatic N) is 2. The molecule has 0 spiro atoms. The molecular weight excluding hydrogens is 320 g/mol.